The Hall–Kier alpha value is -3.08. The maximum atomic E-state index is 13.8. The highest BCUT2D eigenvalue weighted by Gasteiger charge is 2.56. The van der Waals surface area contributed by atoms with Crippen LogP contribution in [0.2, 0.25) is 5.02 Å². The number of halogens is 1. The number of thiophene rings is 1. The second-order valence-corrected chi connectivity index (χ2v) is 15.8. The van der Waals surface area contributed by atoms with Crippen molar-refractivity contribution in [3.63, 3.8) is 0 Å². The van der Waals surface area contributed by atoms with Gasteiger partial charge in [0.15, 0.2) is 0 Å². The predicted octanol–water partition coefficient (Wildman–Crippen LogP) is 5.87. The van der Waals surface area contributed by atoms with Crippen LogP contribution in [0.4, 0.5) is 0 Å². The first-order chi connectivity index (χ1) is 21.2. The number of nitrogens with one attached hydrogen (secondary N) is 1. The predicted molar refractivity (Wildman–Crippen MR) is 176 cm³/mol. The third-order valence-electron chi connectivity index (χ3n) is 8.96. The Labute approximate surface area is 268 Å². The van der Waals surface area contributed by atoms with E-state index in [9.17, 15) is 13.2 Å². The van der Waals surface area contributed by atoms with Crippen molar-refractivity contribution >= 4 is 38.9 Å². The number of likely N-dealkylation sites (N-methyl/N-ethyl adjacent to an activating group) is 1. The Balaban J connectivity index is 1.10. The van der Waals surface area contributed by atoms with Crippen LogP contribution in [-0.4, -0.2) is 67.8 Å². The molecule has 2 fully saturated rings. The highest BCUT2D eigenvalue weighted by Crippen LogP contribution is 2.55. The molecule has 6 rings (SSSR count). The van der Waals surface area contributed by atoms with E-state index in [1.807, 2.05) is 78.9 Å². The number of carbonyl (C=O) groups is 1. The van der Waals surface area contributed by atoms with Crippen LogP contribution >= 0.6 is 22.9 Å². The zero-order valence-corrected chi connectivity index (χ0v) is 27.1. The Bertz CT molecular complexity index is 1670. The van der Waals surface area contributed by atoms with E-state index < -0.39 is 10.0 Å². The number of hydrogen-bond acceptors (Lipinski definition) is 6. The summed E-state index contributed by atoms with van der Waals surface area (Å²) in [7, 11) is -2.00. The molecule has 1 saturated heterocycles. The van der Waals surface area contributed by atoms with Crippen LogP contribution in [0.25, 0.3) is 10.6 Å². The summed E-state index contributed by atoms with van der Waals surface area (Å²) < 4.78 is 29.3. The fourth-order valence-electron chi connectivity index (χ4n) is 6.41. The van der Waals surface area contributed by atoms with Gasteiger partial charge in [-0.3, -0.25) is 9.78 Å². The highest BCUT2D eigenvalue weighted by atomic mass is 35.5. The highest BCUT2D eigenvalue weighted by molar-refractivity contribution is 7.91. The molecule has 0 radical (unpaired) electrons. The molecule has 1 saturated carbocycles. The summed E-state index contributed by atoms with van der Waals surface area (Å²) in [5.74, 6) is 0.388. The molecule has 1 amide bonds. The van der Waals surface area contributed by atoms with Gasteiger partial charge >= 0.3 is 0 Å². The topological polar surface area (TPSA) is 82.6 Å². The largest absolute Gasteiger partial charge is 0.353 e. The van der Waals surface area contributed by atoms with Gasteiger partial charge in [-0.2, -0.15) is 4.31 Å². The van der Waals surface area contributed by atoms with E-state index >= 15 is 0 Å². The van der Waals surface area contributed by atoms with Gasteiger partial charge in [0.25, 0.3) is 10.0 Å². The van der Waals surface area contributed by atoms with Gasteiger partial charge in [0.05, 0.1) is 17.0 Å². The minimum absolute atomic E-state index is 0.0701. The van der Waals surface area contributed by atoms with Crippen molar-refractivity contribution in [3.8, 4) is 10.6 Å². The molecule has 1 aliphatic heterocycles. The van der Waals surface area contributed by atoms with Crippen LogP contribution in [0.5, 0.6) is 0 Å². The lowest BCUT2D eigenvalue weighted by Gasteiger charge is -2.33. The van der Waals surface area contributed by atoms with Gasteiger partial charge in [0.2, 0.25) is 5.91 Å². The molecule has 3 heterocycles. The minimum Gasteiger partial charge on any atom is -0.353 e. The third-order valence-corrected chi connectivity index (χ3v) is 12.6. The molecule has 1 aliphatic carbocycles. The van der Waals surface area contributed by atoms with Gasteiger partial charge in [0, 0.05) is 55.9 Å². The van der Waals surface area contributed by atoms with Crippen LogP contribution in [0.15, 0.2) is 95.3 Å². The number of aromatic nitrogens is 1. The first-order valence-electron chi connectivity index (χ1n) is 15.0. The van der Waals surface area contributed by atoms with Crippen molar-refractivity contribution in [2.75, 3.05) is 33.2 Å². The lowest BCUT2D eigenvalue weighted by molar-refractivity contribution is -0.121. The number of amides is 1. The molecule has 10 heteroatoms. The van der Waals surface area contributed by atoms with Gasteiger partial charge in [0.1, 0.15) is 4.21 Å². The molecule has 2 atom stereocenters. The molecular weight excluding hydrogens is 612 g/mol. The summed E-state index contributed by atoms with van der Waals surface area (Å²) in [6.45, 7) is 3.10. The Morgan fingerprint density at radius 2 is 1.75 bits per heavy atom. The van der Waals surface area contributed by atoms with Crippen LogP contribution in [0.1, 0.15) is 30.4 Å². The Kier molecular flexibility index (Phi) is 9.21. The van der Waals surface area contributed by atoms with Crippen molar-refractivity contribution in [1.29, 1.82) is 0 Å². The molecule has 1 N–H and O–H groups in total. The molecule has 7 nitrogen and oxygen atoms in total. The van der Waals surface area contributed by atoms with E-state index in [2.05, 4.69) is 15.2 Å². The summed E-state index contributed by atoms with van der Waals surface area (Å²) in [6, 6.07) is 27.0. The van der Waals surface area contributed by atoms with E-state index in [0.717, 1.165) is 60.6 Å². The lowest BCUT2D eigenvalue weighted by atomic mass is 9.92. The van der Waals surface area contributed by atoms with Gasteiger partial charge in [-0.15, -0.1) is 11.3 Å². The van der Waals surface area contributed by atoms with Crippen molar-refractivity contribution < 1.29 is 13.2 Å². The fraction of sp³-hybridized carbons (Fsp3) is 0.353. The van der Waals surface area contributed by atoms with Crippen molar-refractivity contribution in [2.24, 2.45) is 5.92 Å². The van der Waals surface area contributed by atoms with Gasteiger partial charge < -0.3 is 10.2 Å². The average Bonchev–Trinajstić information content (AvgIpc) is 3.46. The van der Waals surface area contributed by atoms with Crippen molar-refractivity contribution in [1.82, 2.24) is 19.5 Å². The number of nitrogens with zero attached hydrogens (tertiary/aromatic N) is 3. The summed E-state index contributed by atoms with van der Waals surface area (Å²) in [5.41, 5.74) is 2.63. The first-order valence-corrected chi connectivity index (χ1v) is 17.7. The number of pyridine rings is 1. The third kappa shape index (κ3) is 6.92. The zero-order chi connectivity index (χ0) is 30.7. The van der Waals surface area contributed by atoms with Crippen LogP contribution < -0.4 is 5.32 Å². The Morgan fingerprint density at radius 3 is 2.45 bits per heavy atom. The van der Waals surface area contributed by atoms with Gasteiger partial charge in [-0.25, -0.2) is 8.42 Å². The van der Waals surface area contributed by atoms with Gasteiger partial charge in [-0.05, 0) is 72.7 Å². The van der Waals surface area contributed by atoms with Crippen molar-refractivity contribution in [3.05, 3.63) is 107 Å². The fourth-order valence-corrected chi connectivity index (χ4v) is 9.27. The van der Waals surface area contributed by atoms with Crippen LogP contribution in [0, 0.1) is 5.92 Å². The normalized spacial score (nSPS) is 20.9. The SMILES string of the molecule is CN(C[C@@]1(c2ccc(Cl)cc2)C[C@H]1CN1CCC(NC(=O)Cc2ccccc2)CC1)S(=O)(=O)c1ccc(-c2ccccn2)s1. The maximum absolute atomic E-state index is 13.8. The minimum atomic E-state index is -3.69. The average molecular weight is 649 g/mol. The maximum Gasteiger partial charge on any atom is 0.252 e. The molecule has 0 spiro atoms. The number of carbonyl (C=O) groups excluding carboxylic acids is 1. The summed E-state index contributed by atoms with van der Waals surface area (Å²) >= 11 is 7.48. The number of likely N-dealkylation sites (tertiary alicyclic amines) is 1. The number of sulfonamides is 1. The molecule has 4 aromatic rings. The summed E-state index contributed by atoms with van der Waals surface area (Å²) in [6.07, 6.45) is 4.84. The summed E-state index contributed by atoms with van der Waals surface area (Å²) in [4.78, 5) is 20.3. The van der Waals surface area contributed by atoms with Gasteiger partial charge in [-0.1, -0.05) is 60.1 Å². The summed E-state index contributed by atoms with van der Waals surface area (Å²) in [5, 5.41) is 3.89. The second-order valence-electron chi connectivity index (χ2n) is 12.0. The molecule has 230 valence electrons. The number of rotatable bonds is 11. The van der Waals surface area contributed by atoms with Crippen LogP contribution in [-0.2, 0) is 26.7 Å². The molecular formula is C34H37ClN4O3S2. The first kappa shape index (κ1) is 30.9. The van der Waals surface area contributed by atoms with E-state index in [1.54, 1.807) is 19.3 Å². The second kappa shape index (κ2) is 13.1. The monoisotopic (exact) mass is 648 g/mol. The van der Waals surface area contributed by atoms with Crippen LogP contribution in [0.3, 0.4) is 0 Å². The molecule has 0 unspecified atom stereocenters. The standard InChI is InChI=1S/C34H37ClN4O3S2/c1-38(44(41,42)33-15-14-31(43-33)30-9-5-6-18-36-30)24-34(26-10-12-28(35)13-11-26)22-27(34)23-39-19-16-29(17-20-39)37-32(40)21-25-7-3-2-4-8-25/h2-15,18,27,29H,16-17,19-24H2,1H3,(H,37,40)/t27-,34+/m0/s1. The molecule has 2 aromatic heterocycles. The number of benzene rings is 2. The van der Waals surface area contributed by atoms with E-state index in [-0.39, 0.29) is 17.4 Å². The van der Waals surface area contributed by atoms with E-state index in [1.165, 1.54) is 15.6 Å². The Morgan fingerprint density at radius 1 is 1.02 bits per heavy atom. The molecule has 44 heavy (non-hydrogen) atoms. The molecule has 2 aromatic carbocycles. The number of hydrogen-bond donors (Lipinski definition) is 1. The lowest BCUT2D eigenvalue weighted by Crippen LogP contribution is -2.46. The van der Waals surface area contributed by atoms with E-state index in [0.29, 0.717) is 28.1 Å². The zero-order valence-electron chi connectivity index (χ0n) is 24.7. The molecule has 2 aliphatic rings. The van der Waals surface area contributed by atoms with Crippen molar-refractivity contribution in [2.45, 2.75) is 41.3 Å². The van der Waals surface area contributed by atoms with E-state index in [4.69, 9.17) is 11.6 Å². The number of piperidine rings is 1. The quantitative estimate of drug-likeness (QED) is 0.220. The smallest absolute Gasteiger partial charge is 0.252 e. The molecule has 0 bridgehead atoms.